The summed E-state index contributed by atoms with van der Waals surface area (Å²) >= 11 is 0. The number of aliphatic hydroxyl groups excluding tert-OH is 1. The monoisotopic (exact) mass is 352 g/mol. The van der Waals surface area contributed by atoms with Gasteiger partial charge in [0, 0.05) is 31.0 Å². The smallest absolute Gasteiger partial charge is 0.165 e. The molecule has 0 amide bonds. The summed E-state index contributed by atoms with van der Waals surface area (Å²) in [6.45, 7) is 1.19. The second-order valence-corrected chi connectivity index (χ2v) is 6.65. The van der Waals surface area contributed by atoms with E-state index in [9.17, 15) is 5.11 Å². The SMILES string of the molecule is COc1ccccc1-c1cnn2c(N3CCCCC3CCO)ccnc12. The van der Waals surface area contributed by atoms with Gasteiger partial charge >= 0.3 is 0 Å². The Kier molecular flexibility index (Phi) is 4.75. The Labute approximate surface area is 153 Å². The number of ether oxygens (including phenoxy) is 1. The number of fused-ring (bicyclic) bond motifs is 1. The lowest BCUT2D eigenvalue weighted by atomic mass is 9.99. The summed E-state index contributed by atoms with van der Waals surface area (Å²) in [4.78, 5) is 6.96. The molecule has 0 bridgehead atoms. The average Bonchev–Trinajstić information content (AvgIpc) is 3.13. The molecule has 1 aliphatic rings. The lowest BCUT2D eigenvalue weighted by Crippen LogP contribution is -2.41. The average molecular weight is 352 g/mol. The third kappa shape index (κ3) is 2.90. The van der Waals surface area contributed by atoms with E-state index in [-0.39, 0.29) is 6.61 Å². The number of methoxy groups -OCH3 is 1. The Morgan fingerprint density at radius 2 is 2.08 bits per heavy atom. The number of nitrogens with zero attached hydrogens (tertiary/aromatic N) is 4. The lowest BCUT2D eigenvalue weighted by Gasteiger charge is -2.37. The van der Waals surface area contributed by atoms with Crippen LogP contribution in [0.3, 0.4) is 0 Å². The summed E-state index contributed by atoms with van der Waals surface area (Å²) in [6, 6.07) is 10.3. The summed E-state index contributed by atoms with van der Waals surface area (Å²) in [5, 5.41) is 14.1. The number of rotatable bonds is 5. The van der Waals surface area contributed by atoms with Crippen LogP contribution in [-0.4, -0.2) is 46.0 Å². The van der Waals surface area contributed by atoms with Crippen molar-refractivity contribution < 1.29 is 9.84 Å². The molecule has 1 N–H and O–H groups in total. The van der Waals surface area contributed by atoms with E-state index < -0.39 is 0 Å². The largest absolute Gasteiger partial charge is 0.496 e. The van der Waals surface area contributed by atoms with Gasteiger partial charge in [0.1, 0.15) is 11.6 Å². The van der Waals surface area contributed by atoms with E-state index in [4.69, 9.17) is 4.74 Å². The van der Waals surface area contributed by atoms with Crippen molar-refractivity contribution >= 4 is 11.5 Å². The number of hydrogen-bond donors (Lipinski definition) is 1. The number of hydrogen-bond acceptors (Lipinski definition) is 5. The van der Waals surface area contributed by atoms with Crippen molar-refractivity contribution in [3.05, 3.63) is 42.7 Å². The second kappa shape index (κ2) is 7.33. The van der Waals surface area contributed by atoms with Crippen molar-refractivity contribution in [2.75, 3.05) is 25.2 Å². The van der Waals surface area contributed by atoms with Crippen LogP contribution >= 0.6 is 0 Å². The second-order valence-electron chi connectivity index (χ2n) is 6.65. The number of aliphatic hydroxyl groups is 1. The molecule has 1 saturated heterocycles. The van der Waals surface area contributed by atoms with Crippen molar-refractivity contribution in [3.63, 3.8) is 0 Å². The zero-order valence-corrected chi connectivity index (χ0v) is 15.0. The summed E-state index contributed by atoms with van der Waals surface area (Å²) in [5.74, 6) is 1.85. The van der Waals surface area contributed by atoms with Crippen LogP contribution < -0.4 is 9.64 Å². The van der Waals surface area contributed by atoms with E-state index in [0.29, 0.717) is 6.04 Å². The van der Waals surface area contributed by atoms with Crippen LogP contribution in [0.2, 0.25) is 0 Å². The lowest BCUT2D eigenvalue weighted by molar-refractivity contribution is 0.262. The molecule has 2 aromatic heterocycles. The Hall–Kier alpha value is -2.60. The van der Waals surface area contributed by atoms with Gasteiger partial charge in [0.25, 0.3) is 0 Å². The molecule has 0 spiro atoms. The number of aromatic nitrogens is 3. The standard InChI is InChI=1S/C20H24N4O2/c1-26-18-8-3-2-7-16(18)17-14-22-24-19(9-11-21-20(17)24)23-12-5-4-6-15(23)10-13-25/h2-3,7-9,11,14-15,25H,4-6,10,12-13H2,1H3. The number of benzene rings is 1. The number of para-hydroxylation sites is 1. The van der Waals surface area contributed by atoms with Crippen LogP contribution in [0.25, 0.3) is 16.8 Å². The van der Waals surface area contributed by atoms with Crippen molar-refractivity contribution in [2.24, 2.45) is 0 Å². The van der Waals surface area contributed by atoms with Crippen LogP contribution in [0, 0.1) is 0 Å². The molecule has 6 nitrogen and oxygen atoms in total. The van der Waals surface area contributed by atoms with Crippen LogP contribution in [0.15, 0.2) is 42.7 Å². The minimum Gasteiger partial charge on any atom is -0.496 e. The summed E-state index contributed by atoms with van der Waals surface area (Å²) in [7, 11) is 1.68. The molecule has 1 atom stereocenters. The quantitative estimate of drug-likeness (QED) is 0.764. The summed E-state index contributed by atoms with van der Waals surface area (Å²) < 4.78 is 7.42. The molecule has 6 heteroatoms. The molecule has 4 rings (SSSR count). The Balaban J connectivity index is 1.80. The Morgan fingerprint density at radius 1 is 1.19 bits per heavy atom. The van der Waals surface area contributed by atoms with E-state index in [1.54, 1.807) is 7.11 Å². The van der Waals surface area contributed by atoms with Gasteiger partial charge < -0.3 is 14.7 Å². The zero-order chi connectivity index (χ0) is 17.9. The molecule has 0 saturated carbocycles. The molecule has 136 valence electrons. The molecule has 1 aliphatic heterocycles. The van der Waals surface area contributed by atoms with Crippen LogP contribution in [0.4, 0.5) is 5.82 Å². The first-order chi connectivity index (χ1) is 12.8. The molecule has 1 aromatic carbocycles. The van der Waals surface area contributed by atoms with E-state index in [2.05, 4.69) is 15.0 Å². The maximum Gasteiger partial charge on any atom is 0.165 e. The van der Waals surface area contributed by atoms with Crippen LogP contribution in [0.5, 0.6) is 5.75 Å². The highest BCUT2D eigenvalue weighted by molar-refractivity contribution is 5.81. The van der Waals surface area contributed by atoms with Crippen molar-refractivity contribution in [1.82, 2.24) is 14.6 Å². The third-order valence-corrected chi connectivity index (χ3v) is 5.16. The first kappa shape index (κ1) is 16.8. The van der Waals surface area contributed by atoms with Gasteiger partial charge in [-0.15, -0.1) is 0 Å². The predicted molar refractivity (Wildman–Crippen MR) is 102 cm³/mol. The Bertz CT molecular complexity index is 890. The molecule has 0 aliphatic carbocycles. The van der Waals surface area contributed by atoms with Gasteiger partial charge in [-0.1, -0.05) is 18.2 Å². The maximum absolute atomic E-state index is 9.43. The van der Waals surface area contributed by atoms with Gasteiger partial charge in [-0.05, 0) is 37.8 Å². The summed E-state index contributed by atoms with van der Waals surface area (Å²) in [6.07, 6.45) is 7.95. The van der Waals surface area contributed by atoms with Gasteiger partial charge in [0.2, 0.25) is 0 Å². The van der Waals surface area contributed by atoms with E-state index in [0.717, 1.165) is 54.1 Å². The Morgan fingerprint density at radius 3 is 2.92 bits per heavy atom. The minimum absolute atomic E-state index is 0.209. The first-order valence-electron chi connectivity index (χ1n) is 9.17. The molecule has 3 heterocycles. The normalized spacial score (nSPS) is 17.6. The van der Waals surface area contributed by atoms with Crippen molar-refractivity contribution in [1.29, 1.82) is 0 Å². The van der Waals surface area contributed by atoms with E-state index in [1.807, 2.05) is 47.2 Å². The number of anilines is 1. The summed E-state index contributed by atoms with van der Waals surface area (Å²) in [5.41, 5.74) is 2.76. The molecule has 1 unspecified atom stereocenters. The van der Waals surface area contributed by atoms with Gasteiger partial charge in [0.15, 0.2) is 5.65 Å². The fourth-order valence-corrected chi connectivity index (χ4v) is 3.90. The van der Waals surface area contributed by atoms with Crippen LogP contribution in [-0.2, 0) is 0 Å². The molecule has 26 heavy (non-hydrogen) atoms. The highest BCUT2D eigenvalue weighted by Crippen LogP contribution is 2.34. The van der Waals surface area contributed by atoms with Gasteiger partial charge in [-0.3, -0.25) is 0 Å². The molecule has 0 radical (unpaired) electrons. The van der Waals surface area contributed by atoms with Crippen molar-refractivity contribution in [2.45, 2.75) is 31.7 Å². The van der Waals surface area contributed by atoms with E-state index >= 15 is 0 Å². The van der Waals surface area contributed by atoms with Gasteiger partial charge in [-0.25, -0.2) is 4.98 Å². The molecular formula is C20H24N4O2. The van der Waals surface area contributed by atoms with Crippen LogP contribution in [0.1, 0.15) is 25.7 Å². The highest BCUT2D eigenvalue weighted by atomic mass is 16.5. The minimum atomic E-state index is 0.209. The first-order valence-corrected chi connectivity index (χ1v) is 9.17. The molecular weight excluding hydrogens is 328 g/mol. The maximum atomic E-state index is 9.43. The van der Waals surface area contributed by atoms with Crippen molar-refractivity contribution in [3.8, 4) is 16.9 Å². The molecule has 1 fully saturated rings. The zero-order valence-electron chi connectivity index (χ0n) is 15.0. The number of piperidine rings is 1. The highest BCUT2D eigenvalue weighted by Gasteiger charge is 2.25. The van der Waals surface area contributed by atoms with Gasteiger partial charge in [-0.2, -0.15) is 9.61 Å². The van der Waals surface area contributed by atoms with E-state index in [1.165, 1.54) is 6.42 Å². The van der Waals surface area contributed by atoms with Gasteiger partial charge in [0.05, 0.1) is 18.9 Å². The molecule has 3 aromatic rings. The third-order valence-electron chi connectivity index (χ3n) is 5.16. The predicted octanol–water partition coefficient (Wildman–Crippen LogP) is 3.15. The topological polar surface area (TPSA) is 62.9 Å². The fourth-order valence-electron chi connectivity index (χ4n) is 3.90. The fraction of sp³-hybridized carbons (Fsp3) is 0.400.